The van der Waals surface area contributed by atoms with Crippen LogP contribution in [0.25, 0.3) is 6.08 Å². The van der Waals surface area contributed by atoms with Crippen LogP contribution in [0.3, 0.4) is 0 Å². The second kappa shape index (κ2) is 9.03. The molecule has 0 amide bonds. The summed E-state index contributed by atoms with van der Waals surface area (Å²) in [7, 11) is 1.31. The molecule has 0 aliphatic carbocycles. The average Bonchev–Trinajstić information content (AvgIpc) is 2.64. The first-order valence-electron chi connectivity index (χ1n) is 7.75. The molecule has 0 bridgehead atoms. The second-order valence-corrected chi connectivity index (χ2v) is 5.33. The standard InChI is InChI=1S/C19H14F4O5/c1-26-17-8-5-13(20)10-15(17)16(24)11-27-18(25)9-4-12-2-6-14(7-3-12)28-19(21,22)23/h2-10H,11H2,1H3/b9-4+. The minimum Gasteiger partial charge on any atom is -0.496 e. The smallest absolute Gasteiger partial charge is 0.496 e. The van der Waals surface area contributed by atoms with Gasteiger partial charge in [-0.2, -0.15) is 0 Å². The molecule has 0 saturated carbocycles. The molecule has 148 valence electrons. The second-order valence-electron chi connectivity index (χ2n) is 5.33. The van der Waals surface area contributed by atoms with Gasteiger partial charge in [0.15, 0.2) is 6.61 Å². The van der Waals surface area contributed by atoms with Crippen LogP contribution in [0.1, 0.15) is 15.9 Å². The fraction of sp³-hybridized carbons (Fsp3) is 0.158. The molecular formula is C19H14F4O5. The fourth-order valence-corrected chi connectivity index (χ4v) is 2.11. The van der Waals surface area contributed by atoms with E-state index in [1.807, 2.05) is 0 Å². The highest BCUT2D eigenvalue weighted by Crippen LogP contribution is 2.23. The molecule has 2 aromatic carbocycles. The molecule has 0 saturated heterocycles. The topological polar surface area (TPSA) is 61.8 Å². The first-order valence-corrected chi connectivity index (χ1v) is 7.75. The van der Waals surface area contributed by atoms with Crippen LogP contribution >= 0.6 is 0 Å². The number of hydrogen-bond donors (Lipinski definition) is 0. The fourth-order valence-electron chi connectivity index (χ4n) is 2.11. The SMILES string of the molecule is COc1ccc(F)cc1C(=O)COC(=O)/C=C/c1ccc(OC(F)(F)F)cc1. The maximum absolute atomic E-state index is 13.3. The molecule has 0 aliphatic rings. The number of ether oxygens (including phenoxy) is 3. The van der Waals surface area contributed by atoms with Gasteiger partial charge in [0, 0.05) is 6.08 Å². The maximum atomic E-state index is 13.3. The highest BCUT2D eigenvalue weighted by atomic mass is 19.4. The molecule has 2 rings (SSSR count). The van der Waals surface area contributed by atoms with E-state index in [0.717, 1.165) is 30.3 Å². The molecule has 0 atom stereocenters. The Balaban J connectivity index is 1.92. The van der Waals surface area contributed by atoms with Crippen molar-refractivity contribution >= 4 is 17.8 Å². The molecule has 0 spiro atoms. The molecule has 9 heteroatoms. The third-order valence-electron chi connectivity index (χ3n) is 3.33. The van der Waals surface area contributed by atoms with Crippen molar-refractivity contribution in [2.24, 2.45) is 0 Å². The molecule has 0 aromatic heterocycles. The van der Waals surface area contributed by atoms with Gasteiger partial charge in [-0.15, -0.1) is 13.2 Å². The van der Waals surface area contributed by atoms with Gasteiger partial charge >= 0.3 is 12.3 Å². The van der Waals surface area contributed by atoms with E-state index >= 15 is 0 Å². The Hall–Kier alpha value is -3.36. The van der Waals surface area contributed by atoms with E-state index in [9.17, 15) is 27.2 Å². The van der Waals surface area contributed by atoms with E-state index in [2.05, 4.69) is 4.74 Å². The molecule has 2 aromatic rings. The lowest BCUT2D eigenvalue weighted by Crippen LogP contribution is -2.16. The number of ketones is 1. The first kappa shape index (κ1) is 20.9. The summed E-state index contributed by atoms with van der Waals surface area (Å²) in [5, 5.41) is 0. The average molecular weight is 398 g/mol. The molecule has 0 unspecified atom stereocenters. The summed E-state index contributed by atoms with van der Waals surface area (Å²) in [6, 6.07) is 8.12. The van der Waals surface area contributed by atoms with Crippen molar-refractivity contribution in [1.29, 1.82) is 0 Å². The molecule has 0 fully saturated rings. The molecule has 5 nitrogen and oxygen atoms in total. The number of alkyl halides is 3. The third kappa shape index (κ3) is 6.42. The van der Waals surface area contributed by atoms with E-state index in [-0.39, 0.29) is 11.3 Å². The van der Waals surface area contributed by atoms with Gasteiger partial charge < -0.3 is 14.2 Å². The Kier molecular flexibility index (Phi) is 6.75. The number of halogens is 4. The third-order valence-corrected chi connectivity index (χ3v) is 3.33. The van der Waals surface area contributed by atoms with E-state index in [1.165, 1.54) is 31.4 Å². The Morgan fingerprint density at radius 3 is 2.36 bits per heavy atom. The van der Waals surface area contributed by atoms with Gasteiger partial charge in [-0.05, 0) is 42.0 Å². The van der Waals surface area contributed by atoms with Crippen LogP contribution in [0.2, 0.25) is 0 Å². The van der Waals surface area contributed by atoms with Gasteiger partial charge in [-0.3, -0.25) is 4.79 Å². The minimum absolute atomic E-state index is 0.0699. The maximum Gasteiger partial charge on any atom is 0.573 e. The van der Waals surface area contributed by atoms with Crippen LogP contribution in [0.15, 0.2) is 48.5 Å². The van der Waals surface area contributed by atoms with Crippen molar-refractivity contribution in [3.05, 3.63) is 65.5 Å². The monoisotopic (exact) mass is 398 g/mol. The minimum atomic E-state index is -4.79. The number of carbonyl (C=O) groups excluding carboxylic acids is 2. The molecule has 0 N–H and O–H groups in total. The van der Waals surface area contributed by atoms with Crippen molar-refractivity contribution in [3.63, 3.8) is 0 Å². The summed E-state index contributed by atoms with van der Waals surface area (Å²) in [4.78, 5) is 23.7. The van der Waals surface area contributed by atoms with Crippen LogP contribution in [-0.4, -0.2) is 31.8 Å². The highest BCUT2D eigenvalue weighted by molar-refractivity contribution is 6.01. The van der Waals surface area contributed by atoms with Gasteiger partial charge in [-0.25, -0.2) is 9.18 Å². The summed E-state index contributed by atoms with van der Waals surface area (Å²) < 4.78 is 63.0. The van der Waals surface area contributed by atoms with Gasteiger partial charge in [0.05, 0.1) is 12.7 Å². The Morgan fingerprint density at radius 1 is 1.07 bits per heavy atom. The summed E-state index contributed by atoms with van der Waals surface area (Å²) in [5.74, 6) is -2.43. The number of methoxy groups -OCH3 is 1. The van der Waals surface area contributed by atoms with Crippen molar-refractivity contribution in [1.82, 2.24) is 0 Å². The van der Waals surface area contributed by atoms with Crippen molar-refractivity contribution in [3.8, 4) is 11.5 Å². The molecular weight excluding hydrogens is 384 g/mol. The van der Waals surface area contributed by atoms with E-state index < -0.39 is 36.3 Å². The Bertz CT molecular complexity index is 873. The van der Waals surface area contributed by atoms with Crippen LogP contribution < -0.4 is 9.47 Å². The van der Waals surface area contributed by atoms with E-state index in [0.29, 0.717) is 5.56 Å². The zero-order valence-corrected chi connectivity index (χ0v) is 14.5. The molecule has 0 radical (unpaired) electrons. The summed E-state index contributed by atoms with van der Waals surface area (Å²) >= 11 is 0. The van der Waals surface area contributed by atoms with Crippen LogP contribution in [0.4, 0.5) is 17.6 Å². The van der Waals surface area contributed by atoms with Crippen molar-refractivity contribution in [2.75, 3.05) is 13.7 Å². The quantitative estimate of drug-likeness (QED) is 0.303. The summed E-state index contributed by atoms with van der Waals surface area (Å²) in [6.45, 7) is -0.638. The molecule has 0 aliphatic heterocycles. The van der Waals surface area contributed by atoms with Crippen LogP contribution in [0, 0.1) is 5.82 Å². The largest absolute Gasteiger partial charge is 0.573 e. The number of hydrogen-bond acceptors (Lipinski definition) is 5. The number of esters is 1. The first-order chi connectivity index (χ1) is 13.2. The highest BCUT2D eigenvalue weighted by Gasteiger charge is 2.30. The van der Waals surface area contributed by atoms with Gasteiger partial charge in [0.25, 0.3) is 0 Å². The van der Waals surface area contributed by atoms with Crippen LogP contribution in [0.5, 0.6) is 11.5 Å². The summed E-state index contributed by atoms with van der Waals surface area (Å²) in [5.41, 5.74) is 0.337. The number of rotatable bonds is 7. The lowest BCUT2D eigenvalue weighted by molar-refractivity contribution is -0.274. The van der Waals surface area contributed by atoms with Gasteiger partial charge in [0.1, 0.15) is 17.3 Å². The number of benzene rings is 2. The predicted octanol–water partition coefficient (Wildman–Crippen LogP) is 4.17. The Labute approximate surface area is 157 Å². The molecule has 0 heterocycles. The van der Waals surface area contributed by atoms with E-state index in [4.69, 9.17) is 9.47 Å². The van der Waals surface area contributed by atoms with Crippen molar-refractivity contribution in [2.45, 2.75) is 6.36 Å². The summed E-state index contributed by atoms with van der Waals surface area (Å²) in [6.07, 6.45) is -2.51. The van der Waals surface area contributed by atoms with E-state index in [1.54, 1.807) is 0 Å². The van der Waals surface area contributed by atoms with Gasteiger partial charge in [-0.1, -0.05) is 12.1 Å². The lowest BCUT2D eigenvalue weighted by atomic mass is 10.1. The van der Waals surface area contributed by atoms with Gasteiger partial charge in [0.2, 0.25) is 5.78 Å². The normalized spacial score (nSPS) is 11.3. The zero-order chi connectivity index (χ0) is 20.7. The predicted molar refractivity (Wildman–Crippen MR) is 90.4 cm³/mol. The van der Waals surface area contributed by atoms with Crippen LogP contribution in [-0.2, 0) is 9.53 Å². The number of carbonyl (C=O) groups is 2. The molecule has 28 heavy (non-hydrogen) atoms. The number of Topliss-reactive ketones (excluding diaryl/α,β-unsaturated/α-hetero) is 1. The zero-order valence-electron chi connectivity index (χ0n) is 14.5. The lowest BCUT2D eigenvalue weighted by Gasteiger charge is -2.08. The van der Waals surface area contributed by atoms with Crippen molar-refractivity contribution < 1.29 is 41.4 Å². The Morgan fingerprint density at radius 2 is 1.75 bits per heavy atom.